The average Bonchev–Trinajstić information content (AvgIpc) is 3.20. The third-order valence-corrected chi connectivity index (χ3v) is 3.60. The van der Waals surface area contributed by atoms with Crippen LogP contribution in [0.1, 0.15) is 16.2 Å². The molecule has 27 heavy (non-hydrogen) atoms. The fraction of sp³-hybridized carbons (Fsp3) is 0.222. The molecule has 2 heterocycles. The Balaban J connectivity index is 1.77. The number of ether oxygens (including phenoxy) is 4. The van der Waals surface area contributed by atoms with E-state index >= 15 is 0 Å². The molecule has 0 bridgehead atoms. The Morgan fingerprint density at radius 3 is 2.41 bits per heavy atom. The van der Waals surface area contributed by atoms with Gasteiger partial charge in [-0.1, -0.05) is 0 Å². The van der Waals surface area contributed by atoms with Gasteiger partial charge in [0.25, 0.3) is 5.89 Å². The minimum absolute atomic E-state index is 0.149. The Labute approximate surface area is 154 Å². The van der Waals surface area contributed by atoms with Crippen LogP contribution in [0.15, 0.2) is 41.1 Å². The van der Waals surface area contributed by atoms with Gasteiger partial charge in [0, 0.05) is 18.0 Å². The van der Waals surface area contributed by atoms with Crippen molar-refractivity contribution in [3.63, 3.8) is 0 Å². The van der Waals surface area contributed by atoms with Gasteiger partial charge >= 0.3 is 5.97 Å². The van der Waals surface area contributed by atoms with Gasteiger partial charge in [-0.15, -0.1) is 10.2 Å². The number of rotatable bonds is 7. The highest BCUT2D eigenvalue weighted by molar-refractivity contribution is 5.88. The first-order valence-electron chi connectivity index (χ1n) is 7.86. The topological polar surface area (TPSA) is 106 Å². The van der Waals surface area contributed by atoms with Gasteiger partial charge in [0.1, 0.15) is 0 Å². The third-order valence-electron chi connectivity index (χ3n) is 3.60. The van der Waals surface area contributed by atoms with Crippen molar-refractivity contribution in [3.8, 4) is 28.7 Å². The van der Waals surface area contributed by atoms with E-state index in [-0.39, 0.29) is 18.4 Å². The van der Waals surface area contributed by atoms with Gasteiger partial charge < -0.3 is 23.4 Å². The summed E-state index contributed by atoms with van der Waals surface area (Å²) >= 11 is 0. The van der Waals surface area contributed by atoms with Crippen molar-refractivity contribution in [1.29, 1.82) is 0 Å². The lowest BCUT2D eigenvalue weighted by Crippen LogP contribution is -2.05. The van der Waals surface area contributed by atoms with Crippen molar-refractivity contribution >= 4 is 5.97 Å². The Hall–Kier alpha value is -3.62. The van der Waals surface area contributed by atoms with E-state index in [2.05, 4.69) is 15.2 Å². The molecule has 3 rings (SSSR count). The zero-order chi connectivity index (χ0) is 19.2. The maximum Gasteiger partial charge on any atom is 0.340 e. The van der Waals surface area contributed by atoms with Crippen LogP contribution in [0.4, 0.5) is 0 Å². The molecule has 0 aliphatic heterocycles. The summed E-state index contributed by atoms with van der Waals surface area (Å²) in [7, 11) is 4.54. The second-order valence-corrected chi connectivity index (χ2v) is 5.23. The molecule has 0 saturated carbocycles. The highest BCUT2D eigenvalue weighted by Crippen LogP contribution is 2.40. The van der Waals surface area contributed by atoms with E-state index < -0.39 is 5.97 Å². The Morgan fingerprint density at radius 1 is 1.07 bits per heavy atom. The first-order chi connectivity index (χ1) is 13.2. The van der Waals surface area contributed by atoms with Crippen LogP contribution in [-0.2, 0) is 11.3 Å². The molecule has 0 amide bonds. The van der Waals surface area contributed by atoms with E-state index in [4.69, 9.17) is 23.4 Å². The largest absolute Gasteiger partial charge is 0.493 e. The fourth-order valence-corrected chi connectivity index (χ4v) is 2.33. The summed E-state index contributed by atoms with van der Waals surface area (Å²) in [4.78, 5) is 15.8. The summed E-state index contributed by atoms with van der Waals surface area (Å²) < 4.78 is 26.6. The number of benzene rings is 1. The number of hydrogen-bond acceptors (Lipinski definition) is 9. The molecule has 0 atom stereocenters. The van der Waals surface area contributed by atoms with Gasteiger partial charge in [-0.2, -0.15) is 0 Å². The molecule has 0 N–H and O–H groups in total. The fourth-order valence-electron chi connectivity index (χ4n) is 2.33. The number of pyridine rings is 1. The number of carbonyl (C=O) groups excluding carboxylic acids is 1. The number of esters is 1. The summed E-state index contributed by atoms with van der Waals surface area (Å²) in [5.41, 5.74) is 0.906. The van der Waals surface area contributed by atoms with Crippen LogP contribution >= 0.6 is 0 Å². The van der Waals surface area contributed by atoms with Crippen molar-refractivity contribution in [1.82, 2.24) is 15.2 Å². The van der Waals surface area contributed by atoms with Crippen molar-refractivity contribution in [2.24, 2.45) is 0 Å². The van der Waals surface area contributed by atoms with Crippen LogP contribution in [-0.4, -0.2) is 42.5 Å². The Morgan fingerprint density at radius 2 is 1.81 bits per heavy atom. The molecular formula is C18H17N3O6. The molecule has 0 fully saturated rings. The lowest BCUT2D eigenvalue weighted by Gasteiger charge is -2.12. The number of hydrogen-bond donors (Lipinski definition) is 0. The van der Waals surface area contributed by atoms with E-state index in [9.17, 15) is 4.79 Å². The lowest BCUT2D eigenvalue weighted by atomic mass is 10.2. The maximum absolute atomic E-state index is 11.9. The molecule has 0 radical (unpaired) electrons. The second-order valence-electron chi connectivity index (χ2n) is 5.23. The van der Waals surface area contributed by atoms with E-state index in [1.54, 1.807) is 30.5 Å². The first kappa shape index (κ1) is 18.2. The predicted molar refractivity (Wildman–Crippen MR) is 92.7 cm³/mol. The Kier molecular flexibility index (Phi) is 5.50. The van der Waals surface area contributed by atoms with Crippen LogP contribution in [0.3, 0.4) is 0 Å². The molecule has 9 nitrogen and oxygen atoms in total. The molecule has 0 saturated heterocycles. The molecule has 0 aliphatic carbocycles. The summed E-state index contributed by atoms with van der Waals surface area (Å²) in [6, 6.07) is 6.61. The van der Waals surface area contributed by atoms with E-state index in [0.717, 1.165) is 0 Å². The van der Waals surface area contributed by atoms with Gasteiger partial charge in [0.05, 0.1) is 26.9 Å². The molecule has 3 aromatic rings. The zero-order valence-electron chi connectivity index (χ0n) is 15.0. The maximum atomic E-state index is 11.9. The standard InChI is InChI=1S/C18H17N3O6/c1-23-13-7-12(8-14(24-2)16(13)25-3)17-21-20-15(27-17)10-26-18(22)11-5-4-6-19-9-11/h4-9H,10H2,1-3H3. The normalized spacial score (nSPS) is 10.3. The van der Waals surface area contributed by atoms with Crippen LogP contribution in [0.2, 0.25) is 0 Å². The van der Waals surface area contributed by atoms with Gasteiger partial charge in [0.2, 0.25) is 11.6 Å². The SMILES string of the molecule is COc1cc(-c2nnc(COC(=O)c3cccnc3)o2)cc(OC)c1OC. The monoisotopic (exact) mass is 371 g/mol. The molecule has 0 aliphatic rings. The summed E-state index contributed by atoms with van der Waals surface area (Å²) in [6.45, 7) is -0.162. The third kappa shape index (κ3) is 3.97. The van der Waals surface area contributed by atoms with Crippen molar-refractivity contribution in [3.05, 3.63) is 48.1 Å². The second kappa shape index (κ2) is 8.17. The van der Waals surface area contributed by atoms with Gasteiger partial charge in [-0.25, -0.2) is 4.79 Å². The van der Waals surface area contributed by atoms with E-state index in [1.165, 1.54) is 27.5 Å². The van der Waals surface area contributed by atoms with Crippen LogP contribution in [0.25, 0.3) is 11.5 Å². The number of methoxy groups -OCH3 is 3. The molecule has 2 aromatic heterocycles. The van der Waals surface area contributed by atoms with Crippen LogP contribution in [0.5, 0.6) is 17.2 Å². The van der Waals surface area contributed by atoms with Gasteiger partial charge in [-0.05, 0) is 24.3 Å². The summed E-state index contributed by atoms with van der Waals surface area (Å²) in [5.74, 6) is 1.20. The molecule has 1 aromatic carbocycles. The van der Waals surface area contributed by atoms with Crippen LogP contribution < -0.4 is 14.2 Å². The van der Waals surface area contributed by atoms with E-state index in [1.807, 2.05) is 0 Å². The molecule has 0 spiro atoms. The minimum atomic E-state index is -0.532. The zero-order valence-corrected chi connectivity index (χ0v) is 15.0. The van der Waals surface area contributed by atoms with Gasteiger partial charge in [0.15, 0.2) is 18.1 Å². The van der Waals surface area contributed by atoms with Crippen molar-refractivity contribution in [2.75, 3.05) is 21.3 Å². The highest BCUT2D eigenvalue weighted by Gasteiger charge is 2.18. The van der Waals surface area contributed by atoms with Gasteiger partial charge in [-0.3, -0.25) is 4.98 Å². The summed E-state index contributed by atoms with van der Waals surface area (Å²) in [5, 5.41) is 7.86. The van der Waals surface area contributed by atoms with Crippen molar-refractivity contribution in [2.45, 2.75) is 6.61 Å². The smallest absolute Gasteiger partial charge is 0.340 e. The molecular weight excluding hydrogens is 354 g/mol. The lowest BCUT2D eigenvalue weighted by molar-refractivity contribution is 0.0438. The number of aromatic nitrogens is 3. The highest BCUT2D eigenvalue weighted by atomic mass is 16.5. The average molecular weight is 371 g/mol. The molecule has 140 valence electrons. The number of carbonyl (C=O) groups is 1. The minimum Gasteiger partial charge on any atom is -0.493 e. The Bertz CT molecular complexity index is 901. The van der Waals surface area contributed by atoms with E-state index in [0.29, 0.717) is 28.4 Å². The number of nitrogens with zero attached hydrogens (tertiary/aromatic N) is 3. The van der Waals surface area contributed by atoms with Crippen molar-refractivity contribution < 1.29 is 28.2 Å². The summed E-state index contributed by atoms with van der Waals surface area (Å²) in [6.07, 6.45) is 2.98. The predicted octanol–water partition coefficient (Wildman–Crippen LogP) is 2.51. The quantitative estimate of drug-likeness (QED) is 0.579. The van der Waals surface area contributed by atoms with Crippen LogP contribution in [0, 0.1) is 0 Å². The first-order valence-corrected chi connectivity index (χ1v) is 7.86. The molecule has 9 heteroatoms. The molecule has 0 unspecified atom stereocenters.